The molecule has 112 valence electrons. The summed E-state index contributed by atoms with van der Waals surface area (Å²) in [4.78, 5) is 3.61. The first-order valence-electron chi connectivity index (χ1n) is 7.22. The van der Waals surface area contributed by atoms with Crippen molar-refractivity contribution in [3.63, 3.8) is 0 Å². The van der Waals surface area contributed by atoms with Crippen LogP contribution in [-0.4, -0.2) is 32.8 Å². The van der Waals surface area contributed by atoms with E-state index in [1.165, 1.54) is 12.8 Å². The Morgan fingerprint density at radius 2 is 1.50 bits per heavy atom. The predicted octanol–water partition coefficient (Wildman–Crippen LogP) is 4.55. The van der Waals surface area contributed by atoms with Crippen molar-refractivity contribution in [3.05, 3.63) is 0 Å². The summed E-state index contributed by atoms with van der Waals surface area (Å²) in [5.41, 5.74) is 0. The number of rotatable bonds is 2. The molecule has 1 heterocycles. The summed E-state index contributed by atoms with van der Waals surface area (Å²) in [6.07, 6.45) is 4.46. The van der Waals surface area contributed by atoms with Crippen LogP contribution in [0, 0.1) is 5.92 Å². The molecule has 0 amide bonds. The third-order valence-corrected chi connectivity index (χ3v) is 2.44. The monoisotopic (exact) mass is 261 g/mol. The number of hydrogen-bond acceptors (Lipinski definition) is 3. The van der Waals surface area contributed by atoms with E-state index in [1.807, 2.05) is 27.7 Å². The van der Waals surface area contributed by atoms with Crippen molar-refractivity contribution in [2.45, 2.75) is 67.6 Å². The molecule has 1 saturated heterocycles. The second-order valence-corrected chi connectivity index (χ2v) is 3.75. The fraction of sp³-hybridized carbons (Fsp3) is 0.933. The van der Waals surface area contributed by atoms with Gasteiger partial charge in [-0.3, -0.25) is 0 Å². The van der Waals surface area contributed by atoms with Gasteiger partial charge in [-0.2, -0.15) is 0 Å². The number of ether oxygens (including phenoxy) is 2. The van der Waals surface area contributed by atoms with Gasteiger partial charge in [0.2, 0.25) is 0 Å². The fourth-order valence-corrected chi connectivity index (χ4v) is 0.765. The van der Waals surface area contributed by atoms with Gasteiger partial charge in [-0.15, -0.1) is 0 Å². The van der Waals surface area contributed by atoms with E-state index < -0.39 is 0 Å². The molecular weight excluding hydrogens is 226 g/mol. The Labute approximate surface area is 115 Å². The minimum Gasteiger partial charge on any atom is -0.351 e. The lowest BCUT2D eigenvalue weighted by Gasteiger charge is -1.98. The molecule has 3 nitrogen and oxygen atoms in total. The molecule has 0 N–H and O–H groups in total. The largest absolute Gasteiger partial charge is 0.351 e. The SMILES string of the molecule is CC.CC1OCCO1.CC=NC.CCC(C)CC. The van der Waals surface area contributed by atoms with Crippen molar-refractivity contribution < 1.29 is 9.47 Å². The van der Waals surface area contributed by atoms with Gasteiger partial charge < -0.3 is 14.5 Å². The van der Waals surface area contributed by atoms with Crippen LogP contribution in [0.15, 0.2) is 4.99 Å². The van der Waals surface area contributed by atoms with Gasteiger partial charge in [-0.25, -0.2) is 0 Å². The summed E-state index contributed by atoms with van der Waals surface area (Å²) < 4.78 is 9.86. The first-order chi connectivity index (χ1) is 8.62. The lowest BCUT2D eigenvalue weighted by molar-refractivity contribution is -0.0254. The highest BCUT2D eigenvalue weighted by atomic mass is 16.7. The third kappa shape index (κ3) is 24.7. The molecule has 1 rings (SSSR count). The van der Waals surface area contributed by atoms with Crippen LogP contribution in [0.4, 0.5) is 0 Å². The van der Waals surface area contributed by atoms with Crippen LogP contribution in [0.25, 0.3) is 0 Å². The Morgan fingerprint density at radius 1 is 1.17 bits per heavy atom. The maximum Gasteiger partial charge on any atom is 0.155 e. The minimum absolute atomic E-state index is 0.0463. The molecule has 0 bridgehead atoms. The zero-order chi connectivity index (χ0) is 14.8. The van der Waals surface area contributed by atoms with Gasteiger partial charge in [0.15, 0.2) is 6.29 Å². The van der Waals surface area contributed by atoms with Crippen molar-refractivity contribution in [3.8, 4) is 0 Å². The van der Waals surface area contributed by atoms with E-state index in [1.54, 1.807) is 13.3 Å². The Balaban J connectivity index is -0.000000179. The third-order valence-electron chi connectivity index (χ3n) is 2.44. The fourth-order valence-electron chi connectivity index (χ4n) is 0.765. The van der Waals surface area contributed by atoms with E-state index >= 15 is 0 Å². The van der Waals surface area contributed by atoms with E-state index in [0.717, 1.165) is 19.1 Å². The number of nitrogens with zero attached hydrogens (tertiary/aromatic N) is 1. The average Bonchev–Trinajstić information content (AvgIpc) is 2.92. The first kappa shape index (κ1) is 22.7. The summed E-state index contributed by atoms with van der Waals surface area (Å²) in [7, 11) is 1.75. The van der Waals surface area contributed by atoms with Crippen LogP contribution in [0.1, 0.15) is 61.3 Å². The Kier molecular flexibility index (Phi) is 27.6. The normalized spacial score (nSPS) is 14.3. The Hall–Kier alpha value is -0.410. The molecule has 0 spiro atoms. The summed E-state index contributed by atoms with van der Waals surface area (Å²) >= 11 is 0. The van der Waals surface area contributed by atoms with Crippen molar-refractivity contribution in [2.24, 2.45) is 10.9 Å². The highest BCUT2D eigenvalue weighted by Crippen LogP contribution is 2.02. The second kappa shape index (κ2) is 21.8. The van der Waals surface area contributed by atoms with Crippen LogP contribution in [0.5, 0.6) is 0 Å². The standard InChI is InChI=1S/C6H14.C4H8O2.C3H7N.C2H6/c1-4-6(3)5-2;1-4-5-2-3-6-4;1-3-4-2;1-2/h6H,4-5H2,1-3H3;4H,2-3H2,1H3;3H,1-2H3;1-2H3. The molecule has 0 aromatic carbocycles. The first-order valence-corrected chi connectivity index (χ1v) is 7.22. The highest BCUT2D eigenvalue weighted by Gasteiger charge is 2.07. The van der Waals surface area contributed by atoms with E-state index in [0.29, 0.717) is 0 Å². The van der Waals surface area contributed by atoms with Crippen LogP contribution in [0.3, 0.4) is 0 Å². The summed E-state index contributed by atoms with van der Waals surface area (Å²) in [6, 6.07) is 0. The Morgan fingerprint density at radius 3 is 1.56 bits per heavy atom. The second-order valence-electron chi connectivity index (χ2n) is 3.75. The molecule has 3 heteroatoms. The van der Waals surface area contributed by atoms with E-state index in [9.17, 15) is 0 Å². The van der Waals surface area contributed by atoms with Crippen LogP contribution in [-0.2, 0) is 9.47 Å². The zero-order valence-electron chi connectivity index (χ0n) is 13.8. The van der Waals surface area contributed by atoms with E-state index in [4.69, 9.17) is 9.47 Å². The molecule has 1 aliphatic rings. The summed E-state index contributed by atoms with van der Waals surface area (Å²) in [5.74, 6) is 0.935. The molecule has 0 aromatic rings. The smallest absolute Gasteiger partial charge is 0.155 e. The van der Waals surface area contributed by atoms with Gasteiger partial charge in [-0.05, 0) is 26.0 Å². The lowest BCUT2D eigenvalue weighted by Crippen LogP contribution is -1.97. The van der Waals surface area contributed by atoms with Crippen LogP contribution in [0.2, 0.25) is 0 Å². The molecule has 18 heavy (non-hydrogen) atoms. The minimum atomic E-state index is 0.0463. The molecule has 0 aliphatic carbocycles. The molecule has 1 aliphatic heterocycles. The van der Waals surface area contributed by atoms with Gasteiger partial charge in [-0.1, -0.05) is 47.5 Å². The van der Waals surface area contributed by atoms with Crippen molar-refractivity contribution >= 4 is 6.21 Å². The highest BCUT2D eigenvalue weighted by molar-refractivity contribution is 5.52. The van der Waals surface area contributed by atoms with Crippen molar-refractivity contribution in [1.29, 1.82) is 0 Å². The molecule has 0 unspecified atom stereocenters. The number of hydrogen-bond donors (Lipinski definition) is 0. The quantitative estimate of drug-likeness (QED) is 0.682. The molecule has 0 radical (unpaired) electrons. The van der Waals surface area contributed by atoms with Gasteiger partial charge >= 0.3 is 0 Å². The zero-order valence-corrected chi connectivity index (χ0v) is 13.8. The molecule has 0 saturated carbocycles. The van der Waals surface area contributed by atoms with Crippen molar-refractivity contribution in [2.75, 3.05) is 20.3 Å². The van der Waals surface area contributed by atoms with Gasteiger partial charge in [0.05, 0.1) is 13.2 Å². The molecule has 0 aromatic heterocycles. The van der Waals surface area contributed by atoms with Crippen LogP contribution >= 0.6 is 0 Å². The van der Waals surface area contributed by atoms with Crippen LogP contribution < -0.4 is 0 Å². The van der Waals surface area contributed by atoms with Crippen molar-refractivity contribution in [1.82, 2.24) is 0 Å². The topological polar surface area (TPSA) is 30.8 Å². The lowest BCUT2D eigenvalue weighted by atomic mass is 10.1. The van der Waals surface area contributed by atoms with E-state index in [2.05, 4.69) is 25.8 Å². The van der Waals surface area contributed by atoms with Gasteiger partial charge in [0.25, 0.3) is 0 Å². The number of aliphatic imine (C=N–C) groups is 1. The summed E-state index contributed by atoms with van der Waals surface area (Å²) in [5, 5.41) is 0. The maximum absolute atomic E-state index is 4.93. The van der Waals surface area contributed by atoms with Gasteiger partial charge in [0.1, 0.15) is 0 Å². The Bertz CT molecular complexity index is 135. The van der Waals surface area contributed by atoms with E-state index in [-0.39, 0.29) is 6.29 Å². The average molecular weight is 261 g/mol. The molecular formula is C15H35NO2. The maximum atomic E-state index is 4.93. The molecule has 1 fully saturated rings. The summed E-state index contributed by atoms with van der Waals surface area (Å²) in [6.45, 7) is 16.1. The van der Waals surface area contributed by atoms with Gasteiger partial charge in [0, 0.05) is 7.05 Å². The predicted molar refractivity (Wildman–Crippen MR) is 82.6 cm³/mol. The molecule has 0 atom stereocenters.